The predicted molar refractivity (Wildman–Crippen MR) is 113 cm³/mol. The second-order valence-electron chi connectivity index (χ2n) is 9.14. The SMILES string of the molecule is CN=C(NC1C2CCOC2C12CCCC2)N1CCC2(CCOCC2)C1.I. The summed E-state index contributed by atoms with van der Waals surface area (Å²) in [6.45, 7) is 5.13. The summed E-state index contributed by atoms with van der Waals surface area (Å²) in [6, 6.07) is 0.576. The minimum atomic E-state index is 0. The van der Waals surface area contributed by atoms with E-state index in [1.54, 1.807) is 0 Å². The number of rotatable bonds is 1. The van der Waals surface area contributed by atoms with E-state index in [0.717, 1.165) is 38.9 Å². The number of guanidine groups is 1. The van der Waals surface area contributed by atoms with E-state index in [1.165, 1.54) is 51.4 Å². The Hall–Kier alpha value is -0.0800. The van der Waals surface area contributed by atoms with Gasteiger partial charge in [0.05, 0.1) is 6.10 Å². The van der Waals surface area contributed by atoms with Crippen LogP contribution in [0.2, 0.25) is 0 Å². The number of fused-ring (bicyclic) bond motifs is 2. The van der Waals surface area contributed by atoms with Crippen molar-refractivity contribution in [2.75, 3.05) is 40.0 Å². The zero-order valence-electron chi connectivity index (χ0n) is 16.0. The highest BCUT2D eigenvalue weighted by Gasteiger charge is 2.65. The molecule has 3 aliphatic heterocycles. The quantitative estimate of drug-likeness (QED) is 0.360. The second-order valence-corrected chi connectivity index (χ2v) is 9.14. The van der Waals surface area contributed by atoms with Crippen LogP contribution in [0, 0.1) is 16.7 Å². The Bertz CT molecular complexity index is 543. The molecule has 0 radical (unpaired) electrons. The van der Waals surface area contributed by atoms with Gasteiger partial charge in [-0.2, -0.15) is 0 Å². The van der Waals surface area contributed by atoms with E-state index in [2.05, 4.69) is 10.2 Å². The van der Waals surface area contributed by atoms with Gasteiger partial charge in [-0.25, -0.2) is 0 Å². The monoisotopic (exact) mass is 475 g/mol. The highest BCUT2D eigenvalue weighted by molar-refractivity contribution is 14.0. The minimum Gasteiger partial charge on any atom is -0.381 e. The third-order valence-electron chi connectivity index (χ3n) is 8.07. The number of ether oxygens (including phenoxy) is 2. The lowest BCUT2D eigenvalue weighted by Crippen LogP contribution is -2.69. The van der Waals surface area contributed by atoms with Crippen LogP contribution in [0.5, 0.6) is 0 Å². The van der Waals surface area contributed by atoms with Gasteiger partial charge < -0.3 is 19.7 Å². The summed E-state index contributed by atoms with van der Waals surface area (Å²) in [6.07, 6.45) is 10.9. The number of aliphatic imine (C=N–C) groups is 1. The van der Waals surface area contributed by atoms with Crippen LogP contribution >= 0.6 is 24.0 Å². The Labute approximate surface area is 174 Å². The average molecular weight is 475 g/mol. The van der Waals surface area contributed by atoms with Gasteiger partial charge in [0.2, 0.25) is 0 Å². The van der Waals surface area contributed by atoms with E-state index in [0.29, 0.717) is 28.9 Å². The van der Waals surface area contributed by atoms with E-state index in [1.807, 2.05) is 7.05 Å². The van der Waals surface area contributed by atoms with Crippen molar-refractivity contribution in [1.29, 1.82) is 0 Å². The molecule has 5 rings (SSSR count). The van der Waals surface area contributed by atoms with Crippen LogP contribution in [0.3, 0.4) is 0 Å². The summed E-state index contributed by atoms with van der Waals surface area (Å²) >= 11 is 0. The molecule has 0 bridgehead atoms. The van der Waals surface area contributed by atoms with Crippen molar-refractivity contribution in [3.05, 3.63) is 0 Å². The van der Waals surface area contributed by atoms with Gasteiger partial charge in [-0.3, -0.25) is 4.99 Å². The molecule has 2 aliphatic carbocycles. The van der Waals surface area contributed by atoms with Gasteiger partial charge in [0.25, 0.3) is 0 Å². The van der Waals surface area contributed by atoms with Gasteiger partial charge >= 0.3 is 0 Å². The topological polar surface area (TPSA) is 46.1 Å². The Morgan fingerprint density at radius 1 is 1.08 bits per heavy atom. The highest BCUT2D eigenvalue weighted by atomic mass is 127. The van der Waals surface area contributed by atoms with E-state index in [-0.39, 0.29) is 24.0 Å². The minimum absolute atomic E-state index is 0. The molecule has 0 aromatic carbocycles. The molecule has 6 heteroatoms. The fourth-order valence-electron chi connectivity index (χ4n) is 6.67. The van der Waals surface area contributed by atoms with Crippen molar-refractivity contribution in [3.63, 3.8) is 0 Å². The summed E-state index contributed by atoms with van der Waals surface area (Å²) in [5, 5.41) is 3.94. The highest BCUT2D eigenvalue weighted by Crippen LogP contribution is 2.60. The Balaban J connectivity index is 0.00000168. The van der Waals surface area contributed by atoms with Crippen LogP contribution in [0.25, 0.3) is 0 Å². The van der Waals surface area contributed by atoms with E-state index >= 15 is 0 Å². The zero-order valence-corrected chi connectivity index (χ0v) is 18.4. The molecular weight excluding hydrogens is 441 g/mol. The van der Waals surface area contributed by atoms with Crippen molar-refractivity contribution >= 4 is 29.9 Å². The smallest absolute Gasteiger partial charge is 0.193 e. The summed E-state index contributed by atoms with van der Waals surface area (Å²) in [5.74, 6) is 1.85. The first-order chi connectivity index (χ1) is 12.3. The van der Waals surface area contributed by atoms with Crippen molar-refractivity contribution in [3.8, 4) is 0 Å². The average Bonchev–Trinajstić information content (AvgIpc) is 3.36. The third-order valence-corrected chi connectivity index (χ3v) is 8.07. The van der Waals surface area contributed by atoms with Crippen molar-refractivity contribution < 1.29 is 9.47 Å². The lowest BCUT2D eigenvalue weighted by molar-refractivity contribution is -0.125. The molecule has 5 fully saturated rings. The maximum absolute atomic E-state index is 6.14. The molecule has 148 valence electrons. The second kappa shape index (κ2) is 7.39. The van der Waals surface area contributed by atoms with Crippen LogP contribution in [0.15, 0.2) is 4.99 Å². The zero-order chi connectivity index (χ0) is 16.9. The molecular formula is C20H34IN3O2. The van der Waals surface area contributed by atoms with Crippen molar-refractivity contribution in [1.82, 2.24) is 10.2 Å². The van der Waals surface area contributed by atoms with Gasteiger partial charge in [0, 0.05) is 57.3 Å². The van der Waals surface area contributed by atoms with Crippen LogP contribution in [-0.4, -0.2) is 63.0 Å². The van der Waals surface area contributed by atoms with E-state index < -0.39 is 0 Å². The summed E-state index contributed by atoms with van der Waals surface area (Å²) in [5.41, 5.74) is 0.868. The number of hydrogen-bond acceptors (Lipinski definition) is 3. The van der Waals surface area contributed by atoms with Gasteiger partial charge in [-0.15, -0.1) is 24.0 Å². The molecule has 1 N–H and O–H groups in total. The van der Waals surface area contributed by atoms with Gasteiger partial charge in [-0.1, -0.05) is 12.8 Å². The Morgan fingerprint density at radius 2 is 1.85 bits per heavy atom. The Morgan fingerprint density at radius 3 is 2.58 bits per heavy atom. The number of hydrogen-bond donors (Lipinski definition) is 1. The molecule has 3 heterocycles. The van der Waals surface area contributed by atoms with Crippen LogP contribution in [0.4, 0.5) is 0 Å². The lowest BCUT2D eigenvalue weighted by atomic mass is 9.54. The van der Waals surface area contributed by atoms with Crippen molar-refractivity contribution in [2.45, 2.75) is 63.5 Å². The summed E-state index contributed by atoms with van der Waals surface area (Å²) in [7, 11) is 1.96. The fraction of sp³-hybridized carbons (Fsp3) is 0.950. The van der Waals surface area contributed by atoms with Crippen molar-refractivity contribution in [2.24, 2.45) is 21.7 Å². The molecule has 2 saturated carbocycles. The van der Waals surface area contributed by atoms with E-state index in [4.69, 9.17) is 14.5 Å². The van der Waals surface area contributed by atoms with Crippen LogP contribution in [-0.2, 0) is 9.47 Å². The number of nitrogens with zero attached hydrogens (tertiary/aromatic N) is 2. The number of halogens is 1. The first kappa shape index (κ1) is 19.2. The van der Waals surface area contributed by atoms with Gasteiger partial charge in [-0.05, 0) is 43.9 Å². The molecule has 5 aliphatic rings. The molecule has 3 saturated heterocycles. The molecule has 0 aromatic heterocycles. The normalized spacial score (nSPS) is 37.5. The lowest BCUT2D eigenvalue weighted by Gasteiger charge is -2.57. The van der Waals surface area contributed by atoms with Crippen LogP contribution in [0.1, 0.15) is 51.4 Å². The van der Waals surface area contributed by atoms with Gasteiger partial charge in [0.15, 0.2) is 5.96 Å². The molecule has 2 spiro atoms. The predicted octanol–water partition coefficient (Wildman–Crippen LogP) is 3.03. The molecule has 0 amide bonds. The largest absolute Gasteiger partial charge is 0.381 e. The maximum atomic E-state index is 6.14. The first-order valence-corrected chi connectivity index (χ1v) is 10.4. The molecule has 3 atom stereocenters. The number of likely N-dealkylation sites (tertiary alicyclic amines) is 1. The molecule has 0 aromatic rings. The fourth-order valence-corrected chi connectivity index (χ4v) is 6.67. The third kappa shape index (κ3) is 2.89. The van der Waals surface area contributed by atoms with Crippen LogP contribution < -0.4 is 5.32 Å². The Kier molecular flexibility index (Phi) is 5.47. The standard InChI is InChI=1S/C20H33N3O2.HI/c1-21-18(23-10-7-19(14-23)8-12-24-13-9-19)22-16-15-4-11-25-17(15)20(16)5-2-3-6-20;/h15-17H,2-14H2,1H3,(H,21,22);1H. The molecule has 26 heavy (non-hydrogen) atoms. The number of nitrogens with one attached hydrogen (secondary N) is 1. The summed E-state index contributed by atoms with van der Waals surface area (Å²) in [4.78, 5) is 7.22. The molecule has 5 nitrogen and oxygen atoms in total. The maximum Gasteiger partial charge on any atom is 0.193 e. The van der Waals surface area contributed by atoms with E-state index in [9.17, 15) is 0 Å². The summed E-state index contributed by atoms with van der Waals surface area (Å²) < 4.78 is 11.7. The molecule has 3 unspecified atom stereocenters. The first-order valence-electron chi connectivity index (χ1n) is 10.4. The van der Waals surface area contributed by atoms with Gasteiger partial charge in [0.1, 0.15) is 0 Å².